The van der Waals surface area contributed by atoms with Crippen molar-refractivity contribution < 1.29 is 14.6 Å². The van der Waals surface area contributed by atoms with Crippen LogP contribution in [0, 0.1) is 23.7 Å². The summed E-state index contributed by atoms with van der Waals surface area (Å²) in [5.74, 6) is 2.73. The number of hydrogen-bond donors (Lipinski definition) is 1. The fourth-order valence-corrected chi connectivity index (χ4v) is 5.49. The molecule has 0 amide bonds. The molecule has 0 heterocycles. The highest BCUT2D eigenvalue weighted by Gasteiger charge is 2.35. The summed E-state index contributed by atoms with van der Waals surface area (Å²) in [6.07, 6.45) is 12.2. The molecule has 27 heavy (non-hydrogen) atoms. The Hall–Kier alpha value is -1.77. The van der Waals surface area contributed by atoms with Gasteiger partial charge in [0.15, 0.2) is 0 Å². The number of carboxylic acid groups (broad SMARTS) is 1. The van der Waals surface area contributed by atoms with Crippen molar-refractivity contribution in [2.45, 2.75) is 63.7 Å². The number of allylic oxidation sites excluding steroid dienone is 1. The molecule has 1 N–H and O–H groups in total. The van der Waals surface area contributed by atoms with Crippen LogP contribution in [0.15, 0.2) is 36.9 Å². The van der Waals surface area contributed by atoms with Crippen molar-refractivity contribution in [2.75, 3.05) is 7.11 Å². The summed E-state index contributed by atoms with van der Waals surface area (Å²) in [6, 6.07) is 8.59. The Morgan fingerprint density at radius 2 is 1.63 bits per heavy atom. The molecule has 3 nitrogen and oxygen atoms in total. The van der Waals surface area contributed by atoms with E-state index in [1.54, 1.807) is 13.2 Å². The van der Waals surface area contributed by atoms with Crippen LogP contribution in [0.4, 0.5) is 0 Å². The number of carboxylic acids is 1. The molecule has 0 aliphatic heterocycles. The van der Waals surface area contributed by atoms with Crippen LogP contribution in [0.5, 0.6) is 5.75 Å². The van der Waals surface area contributed by atoms with Gasteiger partial charge in [0.1, 0.15) is 5.75 Å². The number of carbonyl (C=O) groups is 1. The van der Waals surface area contributed by atoms with Gasteiger partial charge in [-0.1, -0.05) is 18.2 Å². The Labute approximate surface area is 163 Å². The van der Waals surface area contributed by atoms with E-state index in [0.717, 1.165) is 30.4 Å². The molecule has 2 saturated carbocycles. The monoisotopic (exact) mass is 370 g/mol. The van der Waals surface area contributed by atoms with E-state index in [2.05, 4.69) is 30.8 Å². The Morgan fingerprint density at radius 1 is 1.07 bits per heavy atom. The van der Waals surface area contributed by atoms with E-state index in [-0.39, 0.29) is 5.92 Å². The largest absolute Gasteiger partial charge is 0.497 e. The third-order valence-electron chi connectivity index (χ3n) is 7.15. The van der Waals surface area contributed by atoms with E-state index in [1.807, 2.05) is 0 Å². The SMILES string of the molecule is C=CCC(C(=O)O)C1CCC(C2CCC(c3ccc(OC)cc3)CC2)CC1. The van der Waals surface area contributed by atoms with Crippen LogP contribution in [0.3, 0.4) is 0 Å². The fourth-order valence-electron chi connectivity index (χ4n) is 5.49. The van der Waals surface area contributed by atoms with Crippen LogP contribution >= 0.6 is 0 Å². The zero-order valence-corrected chi connectivity index (χ0v) is 16.6. The minimum atomic E-state index is -0.640. The first-order valence-corrected chi connectivity index (χ1v) is 10.6. The number of hydrogen-bond acceptors (Lipinski definition) is 2. The molecule has 3 heteroatoms. The van der Waals surface area contributed by atoms with Crippen molar-refractivity contribution >= 4 is 5.97 Å². The number of ether oxygens (including phenoxy) is 1. The molecule has 1 aromatic carbocycles. The summed E-state index contributed by atoms with van der Waals surface area (Å²) >= 11 is 0. The van der Waals surface area contributed by atoms with Gasteiger partial charge < -0.3 is 9.84 Å². The topological polar surface area (TPSA) is 46.5 Å². The highest BCUT2D eigenvalue weighted by atomic mass is 16.5. The molecule has 148 valence electrons. The maximum absolute atomic E-state index is 11.5. The first kappa shape index (κ1) is 20.0. The summed E-state index contributed by atoms with van der Waals surface area (Å²) in [5.41, 5.74) is 1.45. The molecular weight excluding hydrogens is 336 g/mol. The molecule has 2 aliphatic rings. The zero-order valence-electron chi connectivity index (χ0n) is 16.6. The molecule has 0 aromatic heterocycles. The van der Waals surface area contributed by atoms with Crippen LogP contribution in [-0.4, -0.2) is 18.2 Å². The average molecular weight is 371 g/mol. The summed E-state index contributed by atoms with van der Waals surface area (Å²) in [6.45, 7) is 3.74. The molecule has 0 bridgehead atoms. The predicted molar refractivity (Wildman–Crippen MR) is 109 cm³/mol. The molecule has 2 aliphatic carbocycles. The molecule has 0 radical (unpaired) electrons. The maximum Gasteiger partial charge on any atom is 0.307 e. The van der Waals surface area contributed by atoms with Crippen LogP contribution in [0.2, 0.25) is 0 Å². The third kappa shape index (κ3) is 4.94. The molecular formula is C24H34O3. The number of benzene rings is 1. The lowest BCUT2D eigenvalue weighted by molar-refractivity contribution is -0.144. The number of methoxy groups -OCH3 is 1. The summed E-state index contributed by atoms with van der Waals surface area (Å²) in [4.78, 5) is 11.5. The minimum absolute atomic E-state index is 0.228. The van der Waals surface area contributed by atoms with Gasteiger partial charge in [-0.2, -0.15) is 0 Å². The highest BCUT2D eigenvalue weighted by Crippen LogP contribution is 2.45. The summed E-state index contributed by atoms with van der Waals surface area (Å²) < 4.78 is 5.27. The molecule has 0 spiro atoms. The Bertz CT molecular complexity index is 605. The Morgan fingerprint density at radius 3 is 2.11 bits per heavy atom. The van der Waals surface area contributed by atoms with Gasteiger partial charge in [0.05, 0.1) is 13.0 Å². The zero-order chi connectivity index (χ0) is 19.2. The molecule has 1 aromatic rings. The summed E-state index contributed by atoms with van der Waals surface area (Å²) in [5, 5.41) is 9.49. The van der Waals surface area contributed by atoms with Gasteiger partial charge in [0.2, 0.25) is 0 Å². The fraction of sp³-hybridized carbons (Fsp3) is 0.625. The van der Waals surface area contributed by atoms with E-state index in [1.165, 1.54) is 44.1 Å². The van der Waals surface area contributed by atoms with Crippen LogP contribution in [0.1, 0.15) is 69.3 Å². The molecule has 3 rings (SSSR count). The molecule has 0 saturated heterocycles. The lowest BCUT2D eigenvalue weighted by atomic mass is 9.66. The molecule has 2 fully saturated rings. The normalized spacial score (nSPS) is 29.7. The number of rotatable bonds is 7. The lowest BCUT2D eigenvalue weighted by Crippen LogP contribution is -2.30. The minimum Gasteiger partial charge on any atom is -0.497 e. The standard InChI is InChI=1S/C24H34O3/c1-3-4-23(24(25)26)21-11-9-19(10-12-21)17-5-7-18(8-6-17)20-13-15-22(27-2)16-14-20/h3,13-19,21,23H,1,4-12H2,2H3,(H,25,26). The van der Waals surface area contributed by atoms with Gasteiger partial charge >= 0.3 is 5.97 Å². The van der Waals surface area contributed by atoms with Crippen molar-refractivity contribution in [3.8, 4) is 5.75 Å². The smallest absolute Gasteiger partial charge is 0.307 e. The average Bonchev–Trinajstić information content (AvgIpc) is 2.72. The van der Waals surface area contributed by atoms with E-state index in [9.17, 15) is 9.90 Å². The Kier molecular flexibility index (Phi) is 6.98. The van der Waals surface area contributed by atoms with Crippen molar-refractivity contribution in [3.63, 3.8) is 0 Å². The van der Waals surface area contributed by atoms with Crippen molar-refractivity contribution in [1.82, 2.24) is 0 Å². The first-order chi connectivity index (χ1) is 13.1. The van der Waals surface area contributed by atoms with Gasteiger partial charge in [0, 0.05) is 0 Å². The quantitative estimate of drug-likeness (QED) is 0.594. The van der Waals surface area contributed by atoms with Gasteiger partial charge in [-0.05, 0) is 99.2 Å². The van der Waals surface area contributed by atoms with Crippen LogP contribution in [-0.2, 0) is 4.79 Å². The highest BCUT2D eigenvalue weighted by molar-refractivity contribution is 5.70. The first-order valence-electron chi connectivity index (χ1n) is 10.6. The predicted octanol–water partition coefficient (Wildman–Crippen LogP) is 6.05. The van der Waals surface area contributed by atoms with Gasteiger partial charge in [-0.25, -0.2) is 0 Å². The second-order valence-corrected chi connectivity index (χ2v) is 8.53. The van der Waals surface area contributed by atoms with Crippen molar-refractivity contribution in [1.29, 1.82) is 0 Å². The van der Waals surface area contributed by atoms with E-state index in [0.29, 0.717) is 18.3 Å². The number of aliphatic carboxylic acids is 1. The Balaban J connectivity index is 1.47. The van der Waals surface area contributed by atoms with E-state index < -0.39 is 5.97 Å². The van der Waals surface area contributed by atoms with Crippen LogP contribution < -0.4 is 4.74 Å². The van der Waals surface area contributed by atoms with Crippen molar-refractivity contribution in [3.05, 3.63) is 42.5 Å². The lowest BCUT2D eigenvalue weighted by Gasteiger charge is -2.39. The van der Waals surface area contributed by atoms with Gasteiger partial charge in [0.25, 0.3) is 0 Å². The van der Waals surface area contributed by atoms with Crippen LogP contribution in [0.25, 0.3) is 0 Å². The van der Waals surface area contributed by atoms with E-state index in [4.69, 9.17) is 4.74 Å². The second kappa shape index (κ2) is 9.43. The second-order valence-electron chi connectivity index (χ2n) is 8.53. The molecule has 1 unspecified atom stereocenters. The third-order valence-corrected chi connectivity index (χ3v) is 7.15. The van der Waals surface area contributed by atoms with Gasteiger partial charge in [-0.3, -0.25) is 4.79 Å². The van der Waals surface area contributed by atoms with E-state index >= 15 is 0 Å². The molecule has 1 atom stereocenters. The summed E-state index contributed by atoms with van der Waals surface area (Å²) in [7, 11) is 1.71. The van der Waals surface area contributed by atoms with Gasteiger partial charge in [-0.15, -0.1) is 6.58 Å². The maximum atomic E-state index is 11.5. The van der Waals surface area contributed by atoms with Crippen molar-refractivity contribution in [2.24, 2.45) is 23.7 Å².